The van der Waals surface area contributed by atoms with Crippen LogP contribution in [0.1, 0.15) is 33.1 Å². The Morgan fingerprint density at radius 1 is 1.33 bits per heavy atom. The molecule has 0 spiro atoms. The molecule has 1 aromatic heterocycles. The highest BCUT2D eigenvalue weighted by molar-refractivity contribution is 9.10. The molecular weight excluding hydrogens is 432 g/mol. The minimum atomic E-state index is -0.584. The SMILES string of the molecule is CCCCCn1c(SC(C)C(=O)NC(=O)NC)nc2ccc(Br)cc2c1=O. The number of unbranched alkanes of at least 4 members (excludes halogenated alkanes) is 2. The van der Waals surface area contributed by atoms with Crippen LogP contribution in [0.5, 0.6) is 0 Å². The molecule has 0 bridgehead atoms. The number of carbonyl (C=O) groups excluding carboxylic acids is 2. The van der Waals surface area contributed by atoms with Crippen molar-refractivity contribution in [3.05, 3.63) is 33.0 Å². The number of thioether (sulfide) groups is 1. The molecule has 0 aliphatic rings. The van der Waals surface area contributed by atoms with Gasteiger partial charge in [0, 0.05) is 18.1 Å². The zero-order valence-corrected chi connectivity index (χ0v) is 17.9. The molecule has 1 aromatic carbocycles. The molecular formula is C18H23BrN4O3S. The monoisotopic (exact) mass is 454 g/mol. The van der Waals surface area contributed by atoms with Crippen molar-refractivity contribution in [3.8, 4) is 0 Å². The summed E-state index contributed by atoms with van der Waals surface area (Å²) < 4.78 is 2.44. The Bertz CT molecular complexity index is 900. The molecule has 0 aliphatic carbocycles. The van der Waals surface area contributed by atoms with Crippen molar-refractivity contribution in [1.82, 2.24) is 20.2 Å². The van der Waals surface area contributed by atoms with Gasteiger partial charge in [0.05, 0.1) is 16.2 Å². The normalized spacial score (nSPS) is 12.0. The third kappa shape index (κ3) is 5.55. The predicted molar refractivity (Wildman–Crippen MR) is 111 cm³/mol. The fourth-order valence-electron chi connectivity index (χ4n) is 2.47. The Kier molecular flexibility index (Phi) is 7.85. The lowest BCUT2D eigenvalue weighted by atomic mass is 10.2. The van der Waals surface area contributed by atoms with Crippen molar-refractivity contribution in [3.63, 3.8) is 0 Å². The number of fused-ring (bicyclic) bond motifs is 1. The van der Waals surface area contributed by atoms with Crippen molar-refractivity contribution in [2.45, 2.75) is 50.1 Å². The lowest BCUT2D eigenvalue weighted by Crippen LogP contribution is -2.41. The first-order chi connectivity index (χ1) is 12.9. The van der Waals surface area contributed by atoms with Gasteiger partial charge in [0.1, 0.15) is 0 Å². The summed E-state index contributed by atoms with van der Waals surface area (Å²) in [5.41, 5.74) is 0.454. The fraction of sp³-hybridized carbons (Fsp3) is 0.444. The minimum Gasteiger partial charge on any atom is -0.341 e. The second kappa shape index (κ2) is 9.89. The maximum absolute atomic E-state index is 13.0. The zero-order valence-electron chi connectivity index (χ0n) is 15.5. The zero-order chi connectivity index (χ0) is 20.0. The molecule has 0 radical (unpaired) electrons. The molecule has 2 aromatic rings. The van der Waals surface area contributed by atoms with Crippen molar-refractivity contribution >= 4 is 50.5 Å². The van der Waals surface area contributed by atoms with Gasteiger partial charge in [-0.25, -0.2) is 9.78 Å². The van der Waals surface area contributed by atoms with Crippen LogP contribution >= 0.6 is 27.7 Å². The number of hydrogen-bond donors (Lipinski definition) is 2. The van der Waals surface area contributed by atoms with Crippen molar-refractivity contribution in [2.75, 3.05) is 7.05 Å². The Morgan fingerprint density at radius 2 is 2.07 bits per heavy atom. The second-order valence-electron chi connectivity index (χ2n) is 6.05. The summed E-state index contributed by atoms with van der Waals surface area (Å²) in [6.45, 7) is 4.31. The third-order valence-electron chi connectivity index (χ3n) is 3.98. The van der Waals surface area contributed by atoms with Crippen LogP contribution in [0.3, 0.4) is 0 Å². The van der Waals surface area contributed by atoms with Crippen LogP contribution in [0, 0.1) is 0 Å². The first-order valence-corrected chi connectivity index (χ1v) is 10.4. The Balaban J connectivity index is 2.39. The molecule has 0 fully saturated rings. The summed E-state index contributed by atoms with van der Waals surface area (Å²) in [7, 11) is 1.44. The molecule has 2 rings (SSSR count). The minimum absolute atomic E-state index is 0.126. The van der Waals surface area contributed by atoms with Crippen LogP contribution in [0.25, 0.3) is 10.9 Å². The smallest absolute Gasteiger partial charge is 0.321 e. The van der Waals surface area contributed by atoms with Gasteiger partial charge in [0.15, 0.2) is 5.16 Å². The quantitative estimate of drug-likeness (QED) is 0.380. The molecule has 1 atom stereocenters. The number of rotatable bonds is 7. The number of nitrogens with one attached hydrogen (secondary N) is 2. The fourth-order valence-corrected chi connectivity index (χ4v) is 3.76. The number of carbonyl (C=O) groups is 2. The van der Waals surface area contributed by atoms with E-state index in [9.17, 15) is 14.4 Å². The van der Waals surface area contributed by atoms with Gasteiger partial charge in [-0.1, -0.05) is 47.5 Å². The van der Waals surface area contributed by atoms with Gasteiger partial charge < -0.3 is 5.32 Å². The van der Waals surface area contributed by atoms with Gasteiger partial charge >= 0.3 is 6.03 Å². The van der Waals surface area contributed by atoms with Crippen molar-refractivity contribution < 1.29 is 9.59 Å². The maximum Gasteiger partial charge on any atom is 0.321 e. The summed E-state index contributed by atoms with van der Waals surface area (Å²) >= 11 is 4.56. The summed E-state index contributed by atoms with van der Waals surface area (Å²) in [5, 5.41) is 5.02. The number of urea groups is 1. The van der Waals surface area contributed by atoms with E-state index in [1.54, 1.807) is 23.6 Å². The van der Waals surface area contributed by atoms with E-state index in [0.29, 0.717) is 22.6 Å². The van der Waals surface area contributed by atoms with E-state index in [1.165, 1.54) is 18.8 Å². The Hall–Kier alpha value is -1.87. The molecule has 0 saturated heterocycles. The average molecular weight is 455 g/mol. The summed E-state index contributed by atoms with van der Waals surface area (Å²) in [5.74, 6) is -0.440. The average Bonchev–Trinajstić information content (AvgIpc) is 2.64. The molecule has 9 heteroatoms. The number of halogens is 1. The topological polar surface area (TPSA) is 93.1 Å². The van der Waals surface area contributed by atoms with E-state index >= 15 is 0 Å². The third-order valence-corrected chi connectivity index (χ3v) is 5.57. The number of amides is 3. The first kappa shape index (κ1) is 21.4. The number of aromatic nitrogens is 2. The molecule has 1 unspecified atom stereocenters. The van der Waals surface area contributed by atoms with Gasteiger partial charge in [0.25, 0.3) is 5.56 Å². The maximum atomic E-state index is 13.0. The molecule has 2 N–H and O–H groups in total. The predicted octanol–water partition coefficient (Wildman–Crippen LogP) is 3.29. The van der Waals surface area contributed by atoms with Crippen LogP contribution < -0.4 is 16.2 Å². The van der Waals surface area contributed by atoms with E-state index in [-0.39, 0.29) is 5.56 Å². The number of hydrogen-bond acceptors (Lipinski definition) is 5. The molecule has 27 heavy (non-hydrogen) atoms. The van der Waals surface area contributed by atoms with E-state index in [2.05, 4.69) is 38.5 Å². The summed E-state index contributed by atoms with van der Waals surface area (Å²) in [4.78, 5) is 41.1. The molecule has 0 saturated carbocycles. The lowest BCUT2D eigenvalue weighted by Gasteiger charge is -2.16. The highest BCUT2D eigenvalue weighted by Crippen LogP contribution is 2.24. The van der Waals surface area contributed by atoms with Gasteiger partial charge in [0.2, 0.25) is 5.91 Å². The van der Waals surface area contributed by atoms with Crippen LogP contribution in [0.4, 0.5) is 4.79 Å². The Morgan fingerprint density at radius 3 is 2.74 bits per heavy atom. The number of benzene rings is 1. The Labute approximate surface area is 170 Å². The number of nitrogens with zero attached hydrogens (tertiary/aromatic N) is 2. The van der Waals surface area contributed by atoms with Crippen LogP contribution in [0.2, 0.25) is 0 Å². The number of imide groups is 1. The van der Waals surface area contributed by atoms with Gasteiger partial charge in [-0.05, 0) is 31.5 Å². The van der Waals surface area contributed by atoms with Gasteiger partial charge in [-0.2, -0.15) is 0 Å². The van der Waals surface area contributed by atoms with Gasteiger partial charge in [-0.3, -0.25) is 19.5 Å². The largest absolute Gasteiger partial charge is 0.341 e. The lowest BCUT2D eigenvalue weighted by molar-refractivity contribution is -0.119. The molecule has 146 valence electrons. The summed E-state index contributed by atoms with van der Waals surface area (Å²) in [6.07, 6.45) is 2.89. The van der Waals surface area contributed by atoms with E-state index < -0.39 is 17.2 Å². The van der Waals surface area contributed by atoms with Crippen LogP contribution in [-0.4, -0.2) is 33.8 Å². The van der Waals surface area contributed by atoms with Crippen molar-refractivity contribution in [2.24, 2.45) is 0 Å². The van der Waals surface area contributed by atoms with Gasteiger partial charge in [-0.15, -0.1) is 0 Å². The van der Waals surface area contributed by atoms with Crippen molar-refractivity contribution in [1.29, 1.82) is 0 Å². The van der Waals surface area contributed by atoms with Crippen LogP contribution in [0.15, 0.2) is 32.6 Å². The molecule has 7 nitrogen and oxygen atoms in total. The molecule has 0 aliphatic heterocycles. The van der Waals surface area contributed by atoms with Crippen LogP contribution in [-0.2, 0) is 11.3 Å². The highest BCUT2D eigenvalue weighted by atomic mass is 79.9. The standard InChI is InChI=1S/C18H23BrN4O3S/c1-4-5-6-9-23-16(25)13-10-12(19)7-8-14(13)21-18(23)27-11(2)15(24)22-17(26)20-3/h7-8,10-11H,4-6,9H2,1-3H3,(H2,20,22,24,26). The summed E-state index contributed by atoms with van der Waals surface area (Å²) in [6, 6.07) is 4.80. The molecule has 3 amide bonds. The highest BCUT2D eigenvalue weighted by Gasteiger charge is 2.20. The molecule has 1 heterocycles. The van der Waals surface area contributed by atoms with E-state index in [4.69, 9.17) is 0 Å². The second-order valence-corrected chi connectivity index (χ2v) is 8.27. The first-order valence-electron chi connectivity index (χ1n) is 8.76. The van der Waals surface area contributed by atoms with E-state index in [0.717, 1.165) is 23.7 Å². The van der Waals surface area contributed by atoms with E-state index in [1.807, 2.05) is 6.07 Å².